The number of carbonyl (C=O) groups excluding carboxylic acids is 1. The van der Waals surface area contributed by atoms with Crippen LogP contribution in [-0.2, 0) is 13.0 Å². The molecule has 7 nitrogen and oxygen atoms in total. The molecule has 2 aliphatic heterocycles. The molecule has 1 N–H and O–H groups in total. The Balaban J connectivity index is 1.54. The third-order valence-corrected chi connectivity index (χ3v) is 5.51. The fourth-order valence-corrected chi connectivity index (χ4v) is 3.90. The summed E-state index contributed by atoms with van der Waals surface area (Å²) in [6.07, 6.45) is 0.765. The van der Waals surface area contributed by atoms with Gasteiger partial charge in [0, 0.05) is 50.4 Å². The maximum Gasteiger partial charge on any atom is 0.322 e. The molecular weight excluding hydrogens is 352 g/mol. The quantitative estimate of drug-likeness (QED) is 0.867. The standard InChI is InChI=1S/C21H28N6O/c1-15-5-4-6-17(13-15)24-21(28)27-8-7-19-18(14-27)20(23-16(2)22-19)26-11-9-25(3)10-12-26/h4-6,13H,7-12,14H2,1-3H3,(H,24,28). The molecule has 148 valence electrons. The second kappa shape index (κ2) is 7.75. The van der Waals surface area contributed by atoms with Gasteiger partial charge in [0.1, 0.15) is 11.6 Å². The van der Waals surface area contributed by atoms with Crippen LogP contribution in [0.15, 0.2) is 24.3 Å². The summed E-state index contributed by atoms with van der Waals surface area (Å²) in [5.74, 6) is 1.81. The number of nitrogens with zero attached hydrogens (tertiary/aromatic N) is 5. The molecule has 2 aliphatic rings. The number of likely N-dealkylation sites (N-methyl/N-ethyl adjacent to an activating group) is 1. The summed E-state index contributed by atoms with van der Waals surface area (Å²) in [7, 11) is 2.15. The molecule has 2 aromatic rings. The van der Waals surface area contributed by atoms with Crippen molar-refractivity contribution in [2.24, 2.45) is 0 Å². The van der Waals surface area contributed by atoms with Crippen molar-refractivity contribution in [1.82, 2.24) is 19.8 Å². The number of aryl methyl sites for hydroxylation is 2. The molecule has 1 aromatic heterocycles. The molecule has 4 rings (SSSR count). The SMILES string of the molecule is Cc1cccc(NC(=O)N2CCc3nc(C)nc(N4CCN(C)CC4)c3C2)c1. The highest BCUT2D eigenvalue weighted by Crippen LogP contribution is 2.28. The highest BCUT2D eigenvalue weighted by Gasteiger charge is 2.28. The molecule has 1 saturated heterocycles. The van der Waals surface area contributed by atoms with Crippen molar-refractivity contribution in [1.29, 1.82) is 0 Å². The van der Waals surface area contributed by atoms with Crippen LogP contribution in [0.2, 0.25) is 0 Å². The van der Waals surface area contributed by atoms with Gasteiger partial charge in [-0.1, -0.05) is 12.1 Å². The van der Waals surface area contributed by atoms with Crippen LogP contribution in [0.4, 0.5) is 16.3 Å². The van der Waals surface area contributed by atoms with Gasteiger partial charge in [0.25, 0.3) is 0 Å². The summed E-state index contributed by atoms with van der Waals surface area (Å²) < 4.78 is 0. The Labute approximate surface area is 166 Å². The van der Waals surface area contributed by atoms with Crippen LogP contribution in [0.25, 0.3) is 0 Å². The maximum absolute atomic E-state index is 12.8. The van der Waals surface area contributed by atoms with E-state index in [-0.39, 0.29) is 6.03 Å². The van der Waals surface area contributed by atoms with E-state index in [1.54, 1.807) is 0 Å². The van der Waals surface area contributed by atoms with Gasteiger partial charge < -0.3 is 20.0 Å². The lowest BCUT2D eigenvalue weighted by Gasteiger charge is -2.37. The van der Waals surface area contributed by atoms with E-state index in [0.29, 0.717) is 13.1 Å². The Morgan fingerprint density at radius 3 is 2.61 bits per heavy atom. The number of benzene rings is 1. The number of fused-ring (bicyclic) bond motifs is 1. The van der Waals surface area contributed by atoms with Gasteiger partial charge in [-0.25, -0.2) is 14.8 Å². The van der Waals surface area contributed by atoms with Crippen LogP contribution in [0.5, 0.6) is 0 Å². The largest absolute Gasteiger partial charge is 0.354 e. The predicted molar refractivity (Wildman–Crippen MR) is 111 cm³/mol. The smallest absolute Gasteiger partial charge is 0.322 e. The molecule has 28 heavy (non-hydrogen) atoms. The van der Waals surface area contributed by atoms with Crippen molar-refractivity contribution in [3.8, 4) is 0 Å². The second-order valence-corrected chi connectivity index (χ2v) is 7.78. The van der Waals surface area contributed by atoms with Gasteiger partial charge in [0.05, 0.1) is 12.2 Å². The monoisotopic (exact) mass is 380 g/mol. The number of nitrogens with one attached hydrogen (secondary N) is 1. The zero-order valence-corrected chi connectivity index (χ0v) is 16.9. The Kier molecular flexibility index (Phi) is 5.17. The van der Waals surface area contributed by atoms with Gasteiger partial charge in [-0.15, -0.1) is 0 Å². The van der Waals surface area contributed by atoms with E-state index in [2.05, 4.69) is 27.1 Å². The summed E-state index contributed by atoms with van der Waals surface area (Å²) in [5, 5.41) is 3.03. The van der Waals surface area contributed by atoms with E-state index >= 15 is 0 Å². The fraction of sp³-hybridized carbons (Fsp3) is 0.476. The number of hydrogen-bond acceptors (Lipinski definition) is 5. The third-order valence-electron chi connectivity index (χ3n) is 5.51. The number of anilines is 2. The van der Waals surface area contributed by atoms with Gasteiger partial charge in [-0.2, -0.15) is 0 Å². The van der Waals surface area contributed by atoms with Gasteiger partial charge in [0.2, 0.25) is 0 Å². The highest BCUT2D eigenvalue weighted by molar-refractivity contribution is 5.89. The van der Waals surface area contributed by atoms with Crippen LogP contribution >= 0.6 is 0 Å². The number of carbonyl (C=O) groups is 1. The van der Waals surface area contributed by atoms with Gasteiger partial charge in [-0.05, 0) is 38.6 Å². The molecule has 0 unspecified atom stereocenters. The zero-order chi connectivity index (χ0) is 19.7. The molecule has 0 radical (unpaired) electrons. The molecule has 1 aromatic carbocycles. The average Bonchev–Trinajstić information content (AvgIpc) is 2.67. The minimum Gasteiger partial charge on any atom is -0.354 e. The Hall–Kier alpha value is -2.67. The molecule has 7 heteroatoms. The van der Waals surface area contributed by atoms with Crippen molar-refractivity contribution in [3.63, 3.8) is 0 Å². The van der Waals surface area contributed by atoms with Gasteiger partial charge >= 0.3 is 6.03 Å². The number of piperazine rings is 1. The van der Waals surface area contributed by atoms with Crippen molar-refractivity contribution in [3.05, 3.63) is 46.9 Å². The minimum absolute atomic E-state index is 0.0684. The lowest BCUT2D eigenvalue weighted by atomic mass is 10.1. The number of aromatic nitrogens is 2. The molecule has 0 aliphatic carbocycles. The van der Waals surface area contributed by atoms with Crippen LogP contribution in [0, 0.1) is 13.8 Å². The number of hydrogen-bond donors (Lipinski definition) is 1. The van der Waals surface area contributed by atoms with Crippen molar-refractivity contribution >= 4 is 17.5 Å². The number of rotatable bonds is 2. The Bertz CT molecular complexity index is 875. The molecular formula is C21H28N6O. The summed E-state index contributed by atoms with van der Waals surface area (Å²) in [6, 6.07) is 7.82. The first-order chi connectivity index (χ1) is 13.5. The maximum atomic E-state index is 12.8. The second-order valence-electron chi connectivity index (χ2n) is 7.78. The lowest BCUT2D eigenvalue weighted by molar-refractivity contribution is 0.205. The van der Waals surface area contributed by atoms with Gasteiger partial charge in [0.15, 0.2) is 0 Å². The van der Waals surface area contributed by atoms with E-state index in [4.69, 9.17) is 4.98 Å². The van der Waals surface area contributed by atoms with Crippen LogP contribution < -0.4 is 10.2 Å². The van der Waals surface area contributed by atoms with Crippen LogP contribution in [0.3, 0.4) is 0 Å². The molecule has 3 heterocycles. The zero-order valence-electron chi connectivity index (χ0n) is 16.9. The summed E-state index contributed by atoms with van der Waals surface area (Å²) in [4.78, 5) is 28.8. The van der Waals surface area contributed by atoms with Gasteiger partial charge in [-0.3, -0.25) is 0 Å². The van der Waals surface area contributed by atoms with Crippen molar-refractivity contribution in [2.75, 3.05) is 50.0 Å². The Morgan fingerprint density at radius 1 is 1.07 bits per heavy atom. The molecule has 2 amide bonds. The third kappa shape index (κ3) is 3.94. The summed E-state index contributed by atoms with van der Waals surface area (Å²) in [5.41, 5.74) is 4.14. The average molecular weight is 380 g/mol. The van der Waals surface area contributed by atoms with E-state index in [9.17, 15) is 4.79 Å². The van der Waals surface area contributed by atoms with Crippen LogP contribution in [-0.4, -0.2) is 65.6 Å². The van der Waals surface area contributed by atoms with E-state index in [1.807, 2.05) is 43.0 Å². The summed E-state index contributed by atoms with van der Waals surface area (Å²) in [6.45, 7) is 9.15. The normalized spacial score (nSPS) is 17.4. The topological polar surface area (TPSA) is 64.6 Å². The molecule has 0 saturated carbocycles. The molecule has 0 atom stereocenters. The van der Waals surface area contributed by atoms with E-state index in [0.717, 1.165) is 66.8 Å². The predicted octanol–water partition coefficient (Wildman–Crippen LogP) is 2.44. The number of amides is 2. The van der Waals surface area contributed by atoms with Crippen molar-refractivity contribution in [2.45, 2.75) is 26.8 Å². The van der Waals surface area contributed by atoms with Crippen LogP contribution in [0.1, 0.15) is 22.6 Å². The lowest BCUT2D eigenvalue weighted by Crippen LogP contribution is -2.46. The summed E-state index contributed by atoms with van der Waals surface area (Å²) >= 11 is 0. The molecule has 0 bridgehead atoms. The first kappa shape index (κ1) is 18.7. The van der Waals surface area contributed by atoms with Crippen molar-refractivity contribution < 1.29 is 4.79 Å². The first-order valence-corrected chi connectivity index (χ1v) is 9.92. The minimum atomic E-state index is -0.0684. The highest BCUT2D eigenvalue weighted by atomic mass is 16.2. The Morgan fingerprint density at radius 2 is 1.86 bits per heavy atom. The first-order valence-electron chi connectivity index (χ1n) is 9.92. The number of urea groups is 1. The molecule has 0 spiro atoms. The van der Waals surface area contributed by atoms with E-state index in [1.165, 1.54) is 0 Å². The van der Waals surface area contributed by atoms with E-state index < -0.39 is 0 Å². The fourth-order valence-electron chi connectivity index (χ4n) is 3.90. The molecule has 1 fully saturated rings.